The van der Waals surface area contributed by atoms with Crippen molar-refractivity contribution in [3.05, 3.63) is 64.4 Å². The molecule has 0 N–H and O–H groups in total. The summed E-state index contributed by atoms with van der Waals surface area (Å²) >= 11 is 5.86. The van der Waals surface area contributed by atoms with Gasteiger partial charge in [0.05, 0.1) is 19.2 Å². The molecule has 114 valence electrons. The molecule has 2 aromatic carbocycles. The van der Waals surface area contributed by atoms with Crippen molar-refractivity contribution in [2.45, 2.75) is 0 Å². The molecule has 0 aliphatic heterocycles. The molecule has 0 saturated carbocycles. The highest BCUT2D eigenvalue weighted by Crippen LogP contribution is 2.28. The van der Waals surface area contributed by atoms with E-state index in [1.54, 1.807) is 31.4 Å². The Bertz CT molecular complexity index is 726. The average molecular weight is 321 g/mol. The van der Waals surface area contributed by atoms with Crippen LogP contribution in [0.5, 0.6) is 11.5 Å². The van der Waals surface area contributed by atoms with Gasteiger partial charge in [0.2, 0.25) is 0 Å². The third-order valence-electron chi connectivity index (χ3n) is 3.03. The maximum atomic E-state index is 13.0. The zero-order chi connectivity index (χ0) is 16.1. The van der Waals surface area contributed by atoms with Gasteiger partial charge in [-0.15, -0.1) is 0 Å². The van der Waals surface area contributed by atoms with Crippen molar-refractivity contribution in [3.63, 3.8) is 0 Å². The standard InChI is InChI=1S/C17H14ClFO3/c1-21-16-8-4-11(9-17(16)22-2)3-7-15(20)13-6-5-12(19)10-14(13)18/h3-10H,1-2H3/b7-3+. The van der Waals surface area contributed by atoms with Crippen LogP contribution >= 0.6 is 11.6 Å². The third-order valence-corrected chi connectivity index (χ3v) is 3.34. The van der Waals surface area contributed by atoms with Gasteiger partial charge < -0.3 is 9.47 Å². The number of ether oxygens (including phenoxy) is 2. The van der Waals surface area contributed by atoms with Gasteiger partial charge in [0.1, 0.15) is 5.82 Å². The van der Waals surface area contributed by atoms with Gasteiger partial charge in [-0.05, 0) is 42.0 Å². The average Bonchev–Trinajstić information content (AvgIpc) is 2.52. The summed E-state index contributed by atoms with van der Waals surface area (Å²) in [5, 5.41) is 0.0851. The fraction of sp³-hybridized carbons (Fsp3) is 0.118. The summed E-state index contributed by atoms with van der Waals surface area (Å²) in [6.07, 6.45) is 3.00. The molecule has 0 radical (unpaired) electrons. The van der Waals surface area contributed by atoms with Crippen LogP contribution in [0.15, 0.2) is 42.5 Å². The number of carbonyl (C=O) groups is 1. The maximum Gasteiger partial charge on any atom is 0.187 e. The minimum absolute atomic E-state index is 0.0851. The minimum atomic E-state index is -0.481. The van der Waals surface area contributed by atoms with Crippen LogP contribution in [0.1, 0.15) is 15.9 Å². The molecular formula is C17H14ClFO3. The van der Waals surface area contributed by atoms with Crippen molar-refractivity contribution in [1.29, 1.82) is 0 Å². The Labute approximate surface area is 132 Å². The van der Waals surface area contributed by atoms with Crippen molar-refractivity contribution in [3.8, 4) is 11.5 Å². The highest BCUT2D eigenvalue weighted by Gasteiger charge is 2.08. The van der Waals surface area contributed by atoms with Crippen LogP contribution < -0.4 is 9.47 Å². The van der Waals surface area contributed by atoms with E-state index in [1.165, 1.54) is 25.3 Å². The normalized spacial score (nSPS) is 10.7. The predicted molar refractivity (Wildman–Crippen MR) is 84.3 cm³/mol. The number of methoxy groups -OCH3 is 2. The number of rotatable bonds is 5. The zero-order valence-corrected chi connectivity index (χ0v) is 12.9. The fourth-order valence-corrected chi connectivity index (χ4v) is 2.17. The van der Waals surface area contributed by atoms with E-state index < -0.39 is 5.82 Å². The molecule has 22 heavy (non-hydrogen) atoms. The molecule has 0 amide bonds. The number of halogens is 2. The second-order valence-electron chi connectivity index (χ2n) is 4.44. The van der Waals surface area contributed by atoms with E-state index in [-0.39, 0.29) is 16.4 Å². The molecule has 5 heteroatoms. The van der Waals surface area contributed by atoms with E-state index in [1.807, 2.05) is 0 Å². The first-order chi connectivity index (χ1) is 10.5. The summed E-state index contributed by atoms with van der Waals surface area (Å²) in [4.78, 5) is 12.1. The molecule has 0 fully saturated rings. The molecule has 0 atom stereocenters. The lowest BCUT2D eigenvalue weighted by Crippen LogP contribution is -1.96. The Morgan fingerprint density at radius 2 is 1.82 bits per heavy atom. The van der Waals surface area contributed by atoms with E-state index in [9.17, 15) is 9.18 Å². The molecule has 0 aromatic heterocycles. The summed E-state index contributed by atoms with van der Waals surface area (Å²) < 4.78 is 23.3. The lowest BCUT2D eigenvalue weighted by Gasteiger charge is -2.07. The highest BCUT2D eigenvalue weighted by molar-refractivity contribution is 6.34. The second-order valence-corrected chi connectivity index (χ2v) is 4.84. The molecule has 0 heterocycles. The van der Waals surface area contributed by atoms with Crippen LogP contribution in [0.4, 0.5) is 4.39 Å². The third kappa shape index (κ3) is 3.65. The van der Waals surface area contributed by atoms with Crippen LogP contribution in [-0.2, 0) is 0 Å². The largest absolute Gasteiger partial charge is 0.493 e. The van der Waals surface area contributed by atoms with E-state index in [4.69, 9.17) is 21.1 Å². The van der Waals surface area contributed by atoms with E-state index in [0.717, 1.165) is 11.6 Å². The molecule has 0 bridgehead atoms. The quantitative estimate of drug-likeness (QED) is 0.605. The summed E-state index contributed by atoms with van der Waals surface area (Å²) in [7, 11) is 3.09. The smallest absolute Gasteiger partial charge is 0.187 e. The Morgan fingerprint density at radius 3 is 2.45 bits per heavy atom. The van der Waals surface area contributed by atoms with Gasteiger partial charge in [-0.1, -0.05) is 23.7 Å². The summed E-state index contributed by atoms with van der Waals surface area (Å²) in [5.74, 6) is 0.384. The van der Waals surface area contributed by atoms with E-state index in [2.05, 4.69) is 0 Å². The van der Waals surface area contributed by atoms with Crippen molar-refractivity contribution >= 4 is 23.5 Å². The first-order valence-corrected chi connectivity index (χ1v) is 6.82. The first kappa shape index (κ1) is 16.0. The minimum Gasteiger partial charge on any atom is -0.493 e. The van der Waals surface area contributed by atoms with Crippen molar-refractivity contribution in [2.75, 3.05) is 14.2 Å². The summed E-state index contributed by atoms with van der Waals surface area (Å²) in [6, 6.07) is 8.95. The molecule has 3 nitrogen and oxygen atoms in total. The lowest BCUT2D eigenvalue weighted by atomic mass is 10.1. The Balaban J connectivity index is 2.22. The first-order valence-electron chi connectivity index (χ1n) is 6.44. The Kier molecular flexibility index (Phi) is 5.17. The maximum absolute atomic E-state index is 13.0. The fourth-order valence-electron chi connectivity index (χ4n) is 1.91. The summed E-state index contributed by atoms with van der Waals surface area (Å²) in [5.41, 5.74) is 1.02. The Morgan fingerprint density at radius 1 is 1.09 bits per heavy atom. The monoisotopic (exact) mass is 320 g/mol. The molecule has 2 rings (SSSR count). The van der Waals surface area contributed by atoms with Gasteiger partial charge in [-0.25, -0.2) is 4.39 Å². The predicted octanol–water partition coefficient (Wildman–Crippen LogP) is 4.39. The van der Waals surface area contributed by atoms with Gasteiger partial charge in [-0.3, -0.25) is 4.79 Å². The number of carbonyl (C=O) groups excluding carboxylic acids is 1. The zero-order valence-electron chi connectivity index (χ0n) is 12.1. The second kappa shape index (κ2) is 7.09. The van der Waals surface area contributed by atoms with Gasteiger partial charge in [0.25, 0.3) is 0 Å². The lowest BCUT2D eigenvalue weighted by molar-refractivity contribution is 0.104. The number of hydrogen-bond donors (Lipinski definition) is 0. The van der Waals surface area contributed by atoms with Crippen LogP contribution in [0.2, 0.25) is 5.02 Å². The molecule has 0 unspecified atom stereocenters. The van der Waals surface area contributed by atoms with Crippen LogP contribution in [0, 0.1) is 5.82 Å². The van der Waals surface area contributed by atoms with Crippen LogP contribution in [0.25, 0.3) is 6.08 Å². The molecular weight excluding hydrogens is 307 g/mol. The van der Waals surface area contributed by atoms with Gasteiger partial charge in [0.15, 0.2) is 17.3 Å². The van der Waals surface area contributed by atoms with Gasteiger partial charge in [0, 0.05) is 5.56 Å². The van der Waals surface area contributed by atoms with Crippen LogP contribution in [0.3, 0.4) is 0 Å². The van der Waals surface area contributed by atoms with Gasteiger partial charge >= 0.3 is 0 Å². The van der Waals surface area contributed by atoms with Gasteiger partial charge in [-0.2, -0.15) is 0 Å². The SMILES string of the molecule is COc1ccc(/C=C/C(=O)c2ccc(F)cc2Cl)cc1OC. The number of ketones is 1. The molecule has 0 aliphatic rings. The molecule has 2 aromatic rings. The summed E-state index contributed by atoms with van der Waals surface area (Å²) in [6.45, 7) is 0. The Hall–Kier alpha value is -2.33. The number of hydrogen-bond acceptors (Lipinski definition) is 3. The van der Waals surface area contributed by atoms with Crippen molar-refractivity contribution < 1.29 is 18.7 Å². The van der Waals surface area contributed by atoms with E-state index in [0.29, 0.717) is 11.5 Å². The number of allylic oxidation sites excluding steroid dienone is 1. The topological polar surface area (TPSA) is 35.5 Å². The van der Waals surface area contributed by atoms with Crippen molar-refractivity contribution in [2.24, 2.45) is 0 Å². The highest BCUT2D eigenvalue weighted by atomic mass is 35.5. The van der Waals surface area contributed by atoms with E-state index >= 15 is 0 Å². The molecule has 0 aliphatic carbocycles. The van der Waals surface area contributed by atoms with Crippen LogP contribution in [-0.4, -0.2) is 20.0 Å². The van der Waals surface area contributed by atoms with Crippen molar-refractivity contribution in [1.82, 2.24) is 0 Å². The molecule has 0 spiro atoms. The molecule has 0 saturated heterocycles. The number of benzene rings is 2.